The summed E-state index contributed by atoms with van der Waals surface area (Å²) in [5, 5.41) is 2.65. The average molecular weight is 277 g/mol. The standard InChI is InChI=1S/C14H16FN3O2/c1-18(8-11-3-2-6-20-11)9-14(19)17-13-5-4-10(15)7-12(13)16/h2-7H,8-9,16H2,1H3,(H,17,19). The maximum atomic E-state index is 12.9. The van der Waals surface area contributed by atoms with Gasteiger partial charge in [0.15, 0.2) is 0 Å². The molecule has 0 aliphatic rings. The number of halogens is 1. The molecule has 0 saturated heterocycles. The lowest BCUT2D eigenvalue weighted by Crippen LogP contribution is -2.29. The minimum atomic E-state index is -0.435. The number of benzene rings is 1. The van der Waals surface area contributed by atoms with Gasteiger partial charge in [-0.15, -0.1) is 0 Å². The molecule has 20 heavy (non-hydrogen) atoms. The molecule has 0 saturated carbocycles. The van der Waals surface area contributed by atoms with Crippen molar-refractivity contribution in [2.75, 3.05) is 24.6 Å². The minimum Gasteiger partial charge on any atom is -0.468 e. The first kappa shape index (κ1) is 14.1. The summed E-state index contributed by atoms with van der Waals surface area (Å²) in [6.07, 6.45) is 1.59. The fourth-order valence-electron chi connectivity index (χ4n) is 1.81. The molecule has 0 spiro atoms. The highest BCUT2D eigenvalue weighted by molar-refractivity contribution is 5.95. The number of amides is 1. The monoisotopic (exact) mass is 277 g/mol. The lowest BCUT2D eigenvalue weighted by atomic mass is 10.2. The number of furan rings is 1. The number of hydrogen-bond acceptors (Lipinski definition) is 4. The molecule has 0 radical (unpaired) electrons. The summed E-state index contributed by atoms with van der Waals surface area (Å²) in [7, 11) is 1.80. The number of anilines is 2. The molecular weight excluding hydrogens is 261 g/mol. The number of nitrogens with two attached hydrogens (primary N) is 1. The van der Waals surface area contributed by atoms with Crippen LogP contribution in [0, 0.1) is 5.82 Å². The summed E-state index contributed by atoms with van der Waals surface area (Å²) in [6, 6.07) is 7.49. The predicted octanol–water partition coefficient (Wildman–Crippen LogP) is 2.07. The van der Waals surface area contributed by atoms with Crippen molar-refractivity contribution in [3.05, 3.63) is 48.2 Å². The molecule has 0 aliphatic carbocycles. The number of hydrogen-bond donors (Lipinski definition) is 2. The molecule has 0 bridgehead atoms. The third-order valence-electron chi connectivity index (χ3n) is 2.71. The van der Waals surface area contributed by atoms with E-state index >= 15 is 0 Å². The van der Waals surface area contributed by atoms with Crippen molar-refractivity contribution in [3.63, 3.8) is 0 Å². The molecule has 0 aliphatic heterocycles. The van der Waals surface area contributed by atoms with Crippen LogP contribution >= 0.6 is 0 Å². The highest BCUT2D eigenvalue weighted by Crippen LogP contribution is 2.18. The van der Waals surface area contributed by atoms with Crippen molar-refractivity contribution < 1.29 is 13.6 Å². The summed E-state index contributed by atoms with van der Waals surface area (Å²) in [4.78, 5) is 13.7. The van der Waals surface area contributed by atoms with Crippen molar-refractivity contribution in [1.29, 1.82) is 0 Å². The molecule has 1 heterocycles. The summed E-state index contributed by atoms with van der Waals surface area (Å²) >= 11 is 0. The minimum absolute atomic E-state index is 0.178. The molecule has 0 atom stereocenters. The molecular formula is C14H16FN3O2. The maximum Gasteiger partial charge on any atom is 0.238 e. The van der Waals surface area contributed by atoms with Crippen LogP contribution < -0.4 is 11.1 Å². The van der Waals surface area contributed by atoms with Crippen LogP contribution in [-0.4, -0.2) is 24.4 Å². The quantitative estimate of drug-likeness (QED) is 0.821. The van der Waals surface area contributed by atoms with Crippen molar-refractivity contribution in [2.24, 2.45) is 0 Å². The van der Waals surface area contributed by atoms with Crippen molar-refractivity contribution in [3.8, 4) is 0 Å². The number of nitrogens with one attached hydrogen (secondary N) is 1. The van der Waals surface area contributed by atoms with Crippen LogP contribution in [0.4, 0.5) is 15.8 Å². The van der Waals surface area contributed by atoms with E-state index in [9.17, 15) is 9.18 Å². The normalized spacial score (nSPS) is 10.8. The molecule has 1 aromatic carbocycles. The zero-order valence-corrected chi connectivity index (χ0v) is 11.1. The maximum absolute atomic E-state index is 12.9. The van der Waals surface area contributed by atoms with Gasteiger partial charge in [0.25, 0.3) is 0 Å². The van der Waals surface area contributed by atoms with Gasteiger partial charge >= 0.3 is 0 Å². The molecule has 6 heteroatoms. The van der Waals surface area contributed by atoms with E-state index in [-0.39, 0.29) is 18.1 Å². The fourth-order valence-corrected chi connectivity index (χ4v) is 1.81. The number of carbonyl (C=O) groups is 1. The first-order valence-corrected chi connectivity index (χ1v) is 6.10. The molecule has 2 aromatic rings. The Morgan fingerprint density at radius 1 is 1.45 bits per heavy atom. The lowest BCUT2D eigenvalue weighted by Gasteiger charge is -2.15. The van der Waals surface area contributed by atoms with E-state index in [2.05, 4.69) is 5.32 Å². The van der Waals surface area contributed by atoms with Crippen LogP contribution in [0.2, 0.25) is 0 Å². The first-order valence-electron chi connectivity index (χ1n) is 6.10. The van der Waals surface area contributed by atoms with Gasteiger partial charge in [0.1, 0.15) is 11.6 Å². The van der Waals surface area contributed by atoms with Gasteiger partial charge in [-0.25, -0.2) is 4.39 Å². The van der Waals surface area contributed by atoms with E-state index in [1.54, 1.807) is 24.3 Å². The first-order chi connectivity index (χ1) is 9.54. The van der Waals surface area contributed by atoms with Gasteiger partial charge in [0.05, 0.1) is 30.7 Å². The van der Waals surface area contributed by atoms with Gasteiger partial charge < -0.3 is 15.5 Å². The summed E-state index contributed by atoms with van der Waals surface area (Å²) < 4.78 is 18.1. The van der Waals surface area contributed by atoms with Gasteiger partial charge in [0.2, 0.25) is 5.91 Å². The highest BCUT2D eigenvalue weighted by Gasteiger charge is 2.10. The van der Waals surface area contributed by atoms with E-state index in [0.717, 1.165) is 5.76 Å². The summed E-state index contributed by atoms with van der Waals surface area (Å²) in [5.41, 5.74) is 6.23. The molecule has 1 amide bonds. The van der Waals surface area contributed by atoms with Gasteiger partial charge in [-0.2, -0.15) is 0 Å². The molecule has 2 rings (SSSR count). The Kier molecular flexibility index (Phi) is 4.37. The van der Waals surface area contributed by atoms with Crippen molar-refractivity contribution >= 4 is 17.3 Å². The predicted molar refractivity (Wildman–Crippen MR) is 74.5 cm³/mol. The second-order valence-electron chi connectivity index (χ2n) is 4.53. The molecule has 0 unspecified atom stereocenters. The SMILES string of the molecule is CN(CC(=O)Nc1ccc(F)cc1N)Cc1ccco1. The van der Waals surface area contributed by atoms with Crippen molar-refractivity contribution in [1.82, 2.24) is 4.90 Å². The van der Waals surface area contributed by atoms with E-state index in [0.29, 0.717) is 12.2 Å². The Morgan fingerprint density at radius 3 is 2.90 bits per heavy atom. The Labute approximate surface area is 116 Å². The number of carbonyl (C=O) groups excluding carboxylic acids is 1. The number of rotatable bonds is 5. The third kappa shape index (κ3) is 3.83. The van der Waals surface area contributed by atoms with Gasteiger partial charge in [0, 0.05) is 0 Å². The molecule has 5 nitrogen and oxygen atoms in total. The fraction of sp³-hybridized carbons (Fsp3) is 0.214. The Bertz CT molecular complexity index is 584. The largest absolute Gasteiger partial charge is 0.468 e. The Balaban J connectivity index is 1.88. The molecule has 1 aromatic heterocycles. The van der Waals surface area contributed by atoms with E-state index in [1.165, 1.54) is 18.2 Å². The van der Waals surface area contributed by atoms with Crippen LogP contribution in [0.5, 0.6) is 0 Å². The topological polar surface area (TPSA) is 71.5 Å². The van der Waals surface area contributed by atoms with Crippen LogP contribution in [0.3, 0.4) is 0 Å². The van der Waals surface area contributed by atoms with Crippen LogP contribution in [0.25, 0.3) is 0 Å². The van der Waals surface area contributed by atoms with Crippen LogP contribution in [0.1, 0.15) is 5.76 Å². The number of nitrogen functional groups attached to an aromatic ring is 1. The average Bonchev–Trinajstić information content (AvgIpc) is 2.85. The lowest BCUT2D eigenvalue weighted by molar-refractivity contribution is -0.117. The van der Waals surface area contributed by atoms with E-state index in [4.69, 9.17) is 10.2 Å². The molecule has 106 valence electrons. The van der Waals surface area contributed by atoms with Crippen molar-refractivity contribution in [2.45, 2.75) is 6.54 Å². The van der Waals surface area contributed by atoms with Gasteiger partial charge in [-0.1, -0.05) is 0 Å². The zero-order valence-electron chi connectivity index (χ0n) is 11.1. The van der Waals surface area contributed by atoms with Gasteiger partial charge in [-0.05, 0) is 37.4 Å². The summed E-state index contributed by atoms with van der Waals surface area (Å²) in [6.45, 7) is 0.705. The Morgan fingerprint density at radius 2 is 2.25 bits per heavy atom. The third-order valence-corrected chi connectivity index (χ3v) is 2.71. The van der Waals surface area contributed by atoms with Crippen LogP contribution in [0.15, 0.2) is 41.0 Å². The summed E-state index contributed by atoms with van der Waals surface area (Å²) in [5.74, 6) is 0.120. The number of nitrogens with zero attached hydrogens (tertiary/aromatic N) is 1. The second kappa shape index (κ2) is 6.21. The zero-order chi connectivity index (χ0) is 14.5. The van der Waals surface area contributed by atoms with E-state index < -0.39 is 5.82 Å². The van der Waals surface area contributed by atoms with Gasteiger partial charge in [-0.3, -0.25) is 9.69 Å². The highest BCUT2D eigenvalue weighted by atomic mass is 19.1. The smallest absolute Gasteiger partial charge is 0.238 e. The Hall–Kier alpha value is -2.34. The molecule has 0 fully saturated rings. The van der Waals surface area contributed by atoms with Crippen LogP contribution in [-0.2, 0) is 11.3 Å². The molecule has 3 N–H and O–H groups in total. The number of likely N-dealkylation sites (N-methyl/N-ethyl adjacent to an activating group) is 1. The van der Waals surface area contributed by atoms with E-state index in [1.807, 2.05) is 6.07 Å². The second-order valence-corrected chi connectivity index (χ2v) is 4.53.